The predicted octanol–water partition coefficient (Wildman–Crippen LogP) is 4.19. The Balaban J connectivity index is 2.31. The standard InChI is InChI=1S/C14H12F3NO2S/c1-2-20-13(19)12-10(18)7-11(21-12)8-3-5-9(6-4-8)14(15,16)17/h3-7H,2,18H2,1H3. The number of ether oxygens (including phenoxy) is 1. The number of alkyl halides is 3. The summed E-state index contributed by atoms with van der Waals surface area (Å²) in [4.78, 5) is 12.5. The van der Waals surface area contributed by atoms with Crippen LogP contribution in [0.2, 0.25) is 0 Å². The molecule has 0 radical (unpaired) electrons. The van der Waals surface area contributed by atoms with E-state index in [9.17, 15) is 18.0 Å². The molecule has 21 heavy (non-hydrogen) atoms. The van der Waals surface area contributed by atoms with Gasteiger partial charge in [0.05, 0.1) is 17.9 Å². The fourth-order valence-corrected chi connectivity index (χ4v) is 2.71. The smallest absolute Gasteiger partial charge is 0.416 e. The van der Waals surface area contributed by atoms with E-state index in [2.05, 4.69) is 0 Å². The van der Waals surface area contributed by atoms with Crippen molar-refractivity contribution in [2.75, 3.05) is 12.3 Å². The van der Waals surface area contributed by atoms with Gasteiger partial charge < -0.3 is 10.5 Å². The summed E-state index contributed by atoms with van der Waals surface area (Å²) < 4.78 is 42.4. The van der Waals surface area contributed by atoms with E-state index in [1.54, 1.807) is 13.0 Å². The van der Waals surface area contributed by atoms with E-state index >= 15 is 0 Å². The van der Waals surface area contributed by atoms with Crippen LogP contribution in [0.3, 0.4) is 0 Å². The number of benzene rings is 1. The van der Waals surface area contributed by atoms with Gasteiger partial charge in [0.2, 0.25) is 0 Å². The maximum atomic E-state index is 12.5. The van der Waals surface area contributed by atoms with Crippen molar-refractivity contribution in [3.05, 3.63) is 40.8 Å². The highest BCUT2D eigenvalue weighted by atomic mass is 32.1. The Labute approximate surface area is 123 Å². The van der Waals surface area contributed by atoms with Crippen molar-refractivity contribution in [3.63, 3.8) is 0 Å². The van der Waals surface area contributed by atoms with Crippen LogP contribution in [0.1, 0.15) is 22.2 Å². The van der Waals surface area contributed by atoms with Gasteiger partial charge in [-0.15, -0.1) is 11.3 Å². The molecule has 0 fully saturated rings. The fraction of sp³-hybridized carbons (Fsp3) is 0.214. The molecule has 0 amide bonds. The lowest BCUT2D eigenvalue weighted by molar-refractivity contribution is -0.137. The summed E-state index contributed by atoms with van der Waals surface area (Å²) in [5.41, 5.74) is 5.84. The van der Waals surface area contributed by atoms with Crippen LogP contribution < -0.4 is 5.73 Å². The third-order valence-corrected chi connectivity index (χ3v) is 3.90. The van der Waals surface area contributed by atoms with Gasteiger partial charge in [0.15, 0.2) is 0 Å². The third-order valence-electron chi connectivity index (χ3n) is 2.72. The summed E-state index contributed by atoms with van der Waals surface area (Å²) in [5.74, 6) is -0.529. The average molecular weight is 315 g/mol. The second kappa shape index (κ2) is 5.77. The van der Waals surface area contributed by atoms with Crippen LogP contribution in [0, 0.1) is 0 Å². The van der Waals surface area contributed by atoms with Gasteiger partial charge in [-0.1, -0.05) is 12.1 Å². The normalized spacial score (nSPS) is 11.4. The van der Waals surface area contributed by atoms with Gasteiger partial charge in [0.1, 0.15) is 4.88 Å². The molecule has 0 atom stereocenters. The largest absolute Gasteiger partial charge is 0.462 e. The van der Waals surface area contributed by atoms with Crippen molar-refractivity contribution >= 4 is 23.0 Å². The highest BCUT2D eigenvalue weighted by molar-refractivity contribution is 7.18. The van der Waals surface area contributed by atoms with Crippen molar-refractivity contribution in [2.45, 2.75) is 13.1 Å². The number of nitrogen functional groups attached to an aromatic ring is 1. The van der Waals surface area contributed by atoms with E-state index in [-0.39, 0.29) is 17.2 Å². The van der Waals surface area contributed by atoms with Crippen molar-refractivity contribution in [1.29, 1.82) is 0 Å². The number of hydrogen-bond acceptors (Lipinski definition) is 4. The molecule has 0 saturated heterocycles. The first-order chi connectivity index (χ1) is 9.82. The third kappa shape index (κ3) is 3.36. The lowest BCUT2D eigenvalue weighted by Crippen LogP contribution is -2.04. The number of carbonyl (C=O) groups excluding carboxylic acids is 1. The molecule has 7 heteroatoms. The number of nitrogens with two attached hydrogens (primary N) is 1. The zero-order valence-corrected chi connectivity index (χ0v) is 11.8. The Kier molecular flexibility index (Phi) is 4.22. The topological polar surface area (TPSA) is 52.3 Å². The molecule has 0 unspecified atom stereocenters. The quantitative estimate of drug-likeness (QED) is 0.864. The summed E-state index contributed by atoms with van der Waals surface area (Å²) in [5, 5.41) is 0. The first-order valence-corrected chi connectivity index (χ1v) is 6.88. The number of halogens is 3. The summed E-state index contributed by atoms with van der Waals surface area (Å²) in [6.45, 7) is 1.91. The molecule has 0 bridgehead atoms. The second-order valence-electron chi connectivity index (χ2n) is 4.19. The summed E-state index contributed by atoms with van der Waals surface area (Å²) >= 11 is 1.09. The number of carbonyl (C=O) groups is 1. The minimum atomic E-state index is -4.37. The van der Waals surface area contributed by atoms with Crippen molar-refractivity contribution < 1.29 is 22.7 Å². The minimum Gasteiger partial charge on any atom is -0.462 e. The van der Waals surface area contributed by atoms with Gasteiger partial charge >= 0.3 is 12.1 Å². The minimum absolute atomic E-state index is 0.228. The van der Waals surface area contributed by atoms with Gasteiger partial charge in [-0.25, -0.2) is 4.79 Å². The lowest BCUT2D eigenvalue weighted by atomic mass is 10.1. The zero-order chi connectivity index (χ0) is 15.6. The molecule has 1 aromatic carbocycles. The van der Waals surface area contributed by atoms with Crippen molar-refractivity contribution in [2.24, 2.45) is 0 Å². The van der Waals surface area contributed by atoms with E-state index in [0.29, 0.717) is 10.4 Å². The van der Waals surface area contributed by atoms with E-state index in [1.165, 1.54) is 12.1 Å². The highest BCUT2D eigenvalue weighted by Gasteiger charge is 2.30. The van der Waals surface area contributed by atoms with Crippen LogP contribution in [-0.4, -0.2) is 12.6 Å². The molecule has 1 heterocycles. The van der Waals surface area contributed by atoms with Crippen LogP contribution in [-0.2, 0) is 10.9 Å². The first-order valence-electron chi connectivity index (χ1n) is 6.07. The molecule has 3 nitrogen and oxygen atoms in total. The van der Waals surface area contributed by atoms with E-state index in [0.717, 1.165) is 23.5 Å². The number of anilines is 1. The Morgan fingerprint density at radius 3 is 2.43 bits per heavy atom. The molecule has 0 aliphatic rings. The summed E-state index contributed by atoms with van der Waals surface area (Å²) in [6.07, 6.45) is -4.37. The zero-order valence-electron chi connectivity index (χ0n) is 11.0. The number of hydrogen-bond donors (Lipinski definition) is 1. The summed E-state index contributed by atoms with van der Waals surface area (Å²) in [6, 6.07) is 6.25. The molecule has 2 N–H and O–H groups in total. The highest BCUT2D eigenvalue weighted by Crippen LogP contribution is 2.35. The van der Waals surface area contributed by atoms with Crippen LogP contribution in [0.4, 0.5) is 18.9 Å². The Hall–Kier alpha value is -2.02. The molecule has 2 rings (SSSR count). The number of thiophene rings is 1. The van der Waals surface area contributed by atoms with Gasteiger partial charge in [0, 0.05) is 4.88 Å². The SMILES string of the molecule is CCOC(=O)c1sc(-c2ccc(C(F)(F)F)cc2)cc1N. The van der Waals surface area contributed by atoms with Crippen molar-refractivity contribution in [3.8, 4) is 10.4 Å². The number of esters is 1. The average Bonchev–Trinajstić information content (AvgIpc) is 2.80. The molecule has 112 valence electrons. The van der Waals surface area contributed by atoms with Crippen LogP contribution in [0.15, 0.2) is 30.3 Å². The second-order valence-corrected chi connectivity index (χ2v) is 5.24. The molecule has 0 aliphatic heterocycles. The van der Waals surface area contributed by atoms with E-state index in [4.69, 9.17) is 10.5 Å². The number of rotatable bonds is 3. The lowest BCUT2D eigenvalue weighted by Gasteiger charge is -2.06. The van der Waals surface area contributed by atoms with Gasteiger partial charge in [-0.2, -0.15) is 13.2 Å². The Morgan fingerprint density at radius 2 is 1.90 bits per heavy atom. The monoisotopic (exact) mass is 315 g/mol. The van der Waals surface area contributed by atoms with Crippen LogP contribution in [0.25, 0.3) is 10.4 Å². The van der Waals surface area contributed by atoms with Crippen LogP contribution >= 0.6 is 11.3 Å². The molecule has 0 saturated carbocycles. The Bertz CT molecular complexity index is 647. The molecular weight excluding hydrogens is 303 g/mol. The first kappa shape index (κ1) is 15.4. The van der Waals surface area contributed by atoms with E-state index < -0.39 is 17.7 Å². The van der Waals surface area contributed by atoms with E-state index in [1.807, 2.05) is 0 Å². The molecule has 0 aliphatic carbocycles. The van der Waals surface area contributed by atoms with Gasteiger partial charge in [-0.3, -0.25) is 0 Å². The molecule has 0 spiro atoms. The Morgan fingerprint density at radius 1 is 1.29 bits per heavy atom. The summed E-state index contributed by atoms with van der Waals surface area (Å²) in [7, 11) is 0. The molecule has 2 aromatic rings. The molecule has 1 aromatic heterocycles. The molecular formula is C14H12F3NO2S. The van der Waals surface area contributed by atoms with Gasteiger partial charge in [0.25, 0.3) is 0 Å². The van der Waals surface area contributed by atoms with Crippen LogP contribution in [0.5, 0.6) is 0 Å². The maximum Gasteiger partial charge on any atom is 0.416 e. The predicted molar refractivity (Wildman–Crippen MR) is 75.1 cm³/mol. The fourth-order valence-electron chi connectivity index (χ4n) is 1.73. The van der Waals surface area contributed by atoms with Crippen molar-refractivity contribution in [1.82, 2.24) is 0 Å². The maximum absolute atomic E-state index is 12.5. The van der Waals surface area contributed by atoms with Gasteiger partial charge in [-0.05, 0) is 30.7 Å².